The molecule has 0 spiro atoms. The van der Waals surface area contributed by atoms with Gasteiger partial charge in [-0.15, -0.1) is 0 Å². The van der Waals surface area contributed by atoms with Crippen LogP contribution in [-0.2, 0) is 4.74 Å². The molecule has 3 aromatic rings. The maximum Gasteiger partial charge on any atom is 0.148 e. The Labute approximate surface area is 169 Å². The fourth-order valence-electron chi connectivity index (χ4n) is 3.22. The molecule has 0 aliphatic carbocycles. The number of halogens is 3. The first kappa shape index (κ1) is 19.0. The van der Waals surface area contributed by atoms with E-state index in [1.54, 1.807) is 6.20 Å². The van der Waals surface area contributed by atoms with Gasteiger partial charge < -0.3 is 14.4 Å². The van der Waals surface area contributed by atoms with E-state index in [2.05, 4.69) is 25.8 Å². The molecule has 1 aliphatic heterocycles. The molecule has 1 aromatic heterocycles. The minimum atomic E-state index is -0.685. The number of ether oxygens (including phenoxy) is 2. The van der Waals surface area contributed by atoms with Crippen LogP contribution < -0.4 is 9.64 Å². The third-order valence-corrected chi connectivity index (χ3v) is 5.01. The summed E-state index contributed by atoms with van der Waals surface area (Å²) in [5.74, 6) is -0.481. The Hall–Kier alpha value is -2.32. The third kappa shape index (κ3) is 4.07. The average Bonchev–Trinajstić information content (AvgIpc) is 2.67. The van der Waals surface area contributed by atoms with Crippen molar-refractivity contribution in [2.45, 2.75) is 13.0 Å². The number of aromatic nitrogens is 2. The minimum Gasteiger partial charge on any atom is -0.486 e. The van der Waals surface area contributed by atoms with Gasteiger partial charge in [0.1, 0.15) is 29.3 Å². The van der Waals surface area contributed by atoms with Crippen molar-refractivity contribution < 1.29 is 18.3 Å². The molecular weight excluding hydrogens is 432 g/mol. The minimum absolute atomic E-state index is 0.121. The second kappa shape index (κ2) is 7.97. The Bertz CT molecular complexity index is 992. The van der Waals surface area contributed by atoms with E-state index >= 15 is 0 Å². The quantitative estimate of drug-likeness (QED) is 0.580. The van der Waals surface area contributed by atoms with Crippen molar-refractivity contribution in [2.24, 2.45) is 0 Å². The van der Waals surface area contributed by atoms with Gasteiger partial charge in [0, 0.05) is 41.3 Å². The molecule has 4 rings (SSSR count). The lowest BCUT2D eigenvalue weighted by Crippen LogP contribution is -2.36. The predicted molar refractivity (Wildman–Crippen MR) is 106 cm³/mol. The topological polar surface area (TPSA) is 47.5 Å². The second-order valence-electron chi connectivity index (χ2n) is 6.56. The van der Waals surface area contributed by atoms with Crippen LogP contribution in [0.1, 0.15) is 18.6 Å². The van der Waals surface area contributed by atoms with E-state index in [0.29, 0.717) is 24.2 Å². The number of morpholine rings is 1. The second-order valence-corrected chi connectivity index (χ2v) is 7.47. The maximum atomic E-state index is 13.5. The highest BCUT2D eigenvalue weighted by atomic mass is 79.9. The van der Waals surface area contributed by atoms with Crippen LogP contribution in [-0.4, -0.2) is 36.3 Å². The highest BCUT2D eigenvalue weighted by Gasteiger charge is 2.18. The maximum absolute atomic E-state index is 13.5. The number of hydrogen-bond acceptors (Lipinski definition) is 5. The van der Waals surface area contributed by atoms with E-state index < -0.39 is 17.7 Å². The fraction of sp³-hybridized carbons (Fsp3) is 0.300. The number of hydrogen-bond donors (Lipinski definition) is 0. The molecule has 1 unspecified atom stereocenters. The zero-order valence-electron chi connectivity index (χ0n) is 15.2. The van der Waals surface area contributed by atoms with Gasteiger partial charge in [-0.25, -0.2) is 13.8 Å². The molecule has 2 heterocycles. The van der Waals surface area contributed by atoms with Crippen molar-refractivity contribution >= 4 is 32.8 Å². The Morgan fingerprint density at radius 3 is 2.54 bits per heavy atom. The fourth-order valence-corrected chi connectivity index (χ4v) is 3.68. The summed E-state index contributed by atoms with van der Waals surface area (Å²) in [5, 5.41) is 0. The van der Waals surface area contributed by atoms with Gasteiger partial charge in [-0.2, -0.15) is 0 Å². The molecule has 0 saturated carbocycles. The van der Waals surface area contributed by atoms with Gasteiger partial charge >= 0.3 is 0 Å². The van der Waals surface area contributed by atoms with Gasteiger partial charge in [-0.3, -0.25) is 4.98 Å². The van der Waals surface area contributed by atoms with Crippen molar-refractivity contribution in [3.05, 3.63) is 58.2 Å². The van der Waals surface area contributed by atoms with Crippen molar-refractivity contribution in [1.82, 2.24) is 9.97 Å². The van der Waals surface area contributed by atoms with E-state index in [-0.39, 0.29) is 5.75 Å². The first-order valence-corrected chi connectivity index (χ1v) is 9.70. The smallest absolute Gasteiger partial charge is 0.148 e. The van der Waals surface area contributed by atoms with Crippen LogP contribution in [0.25, 0.3) is 11.0 Å². The summed E-state index contributed by atoms with van der Waals surface area (Å²) in [4.78, 5) is 11.5. The molecule has 28 heavy (non-hydrogen) atoms. The van der Waals surface area contributed by atoms with Gasteiger partial charge in [0.2, 0.25) is 0 Å². The molecule has 1 saturated heterocycles. The highest BCUT2D eigenvalue weighted by molar-refractivity contribution is 9.10. The molecule has 1 atom stereocenters. The largest absolute Gasteiger partial charge is 0.486 e. The molecule has 5 nitrogen and oxygen atoms in total. The monoisotopic (exact) mass is 449 g/mol. The molecular formula is C20H18BrF2N3O2. The van der Waals surface area contributed by atoms with Gasteiger partial charge in [-0.1, -0.05) is 15.9 Å². The number of rotatable bonds is 4. The summed E-state index contributed by atoms with van der Waals surface area (Å²) >= 11 is 3.49. The number of benzene rings is 2. The van der Waals surface area contributed by atoms with E-state index in [1.807, 2.05) is 19.1 Å². The molecule has 0 radical (unpaired) electrons. The molecule has 0 bridgehead atoms. The predicted octanol–water partition coefficient (Wildman–Crippen LogP) is 4.65. The normalized spacial score (nSPS) is 15.6. The number of nitrogens with zero attached hydrogens (tertiary/aromatic N) is 3. The Morgan fingerprint density at radius 1 is 1.11 bits per heavy atom. The lowest BCUT2D eigenvalue weighted by atomic mass is 10.1. The molecule has 1 aliphatic rings. The van der Waals surface area contributed by atoms with E-state index in [4.69, 9.17) is 14.5 Å². The first-order valence-electron chi connectivity index (χ1n) is 8.91. The van der Waals surface area contributed by atoms with E-state index in [0.717, 1.165) is 47.1 Å². The van der Waals surface area contributed by atoms with Crippen LogP contribution in [0, 0.1) is 11.6 Å². The summed E-state index contributed by atoms with van der Waals surface area (Å²) < 4.78 is 39.0. The molecule has 0 N–H and O–H groups in total. The van der Waals surface area contributed by atoms with Crippen LogP contribution in [0.15, 0.2) is 41.0 Å². The van der Waals surface area contributed by atoms with E-state index in [1.165, 1.54) is 0 Å². The van der Waals surface area contributed by atoms with Gasteiger partial charge in [0.05, 0.1) is 30.4 Å². The van der Waals surface area contributed by atoms with E-state index in [9.17, 15) is 8.78 Å². The number of anilines is 1. The summed E-state index contributed by atoms with van der Waals surface area (Å²) in [5.41, 5.74) is 2.18. The van der Waals surface area contributed by atoms with Crippen LogP contribution in [0.3, 0.4) is 0 Å². The van der Waals surface area contributed by atoms with Gasteiger partial charge in [0.25, 0.3) is 0 Å². The van der Waals surface area contributed by atoms with Gasteiger partial charge in [-0.05, 0) is 19.1 Å². The standard InChI is InChI=1S/C20H18BrF2N3O2/c1-12(28-16-9-14(22)8-15(23)10-16)17-6-13(21)7-18-20(17)25-19(11-24-18)26-2-4-27-5-3-26/h6-12H,2-5H2,1H3. The zero-order valence-corrected chi connectivity index (χ0v) is 16.7. The summed E-state index contributed by atoms with van der Waals surface area (Å²) in [6.45, 7) is 4.61. The molecule has 8 heteroatoms. The van der Waals surface area contributed by atoms with Crippen molar-refractivity contribution in [1.29, 1.82) is 0 Å². The Kier molecular flexibility index (Phi) is 5.41. The SMILES string of the molecule is CC(Oc1cc(F)cc(F)c1)c1cc(Br)cc2ncc(N3CCOCC3)nc12. The summed E-state index contributed by atoms with van der Waals surface area (Å²) in [6, 6.07) is 6.89. The lowest BCUT2D eigenvalue weighted by Gasteiger charge is -2.28. The highest BCUT2D eigenvalue weighted by Crippen LogP contribution is 2.31. The van der Waals surface area contributed by atoms with Crippen molar-refractivity contribution in [2.75, 3.05) is 31.2 Å². The van der Waals surface area contributed by atoms with Crippen LogP contribution in [0.5, 0.6) is 5.75 Å². The molecule has 2 aromatic carbocycles. The van der Waals surface area contributed by atoms with Crippen molar-refractivity contribution in [3.8, 4) is 5.75 Å². The van der Waals surface area contributed by atoms with Crippen molar-refractivity contribution in [3.63, 3.8) is 0 Å². The lowest BCUT2D eigenvalue weighted by molar-refractivity contribution is 0.122. The average molecular weight is 450 g/mol. The third-order valence-electron chi connectivity index (χ3n) is 4.55. The molecule has 0 amide bonds. The molecule has 146 valence electrons. The van der Waals surface area contributed by atoms with Crippen LogP contribution in [0.2, 0.25) is 0 Å². The summed E-state index contributed by atoms with van der Waals surface area (Å²) in [6.07, 6.45) is 1.26. The molecule has 1 fully saturated rings. The van der Waals surface area contributed by atoms with Gasteiger partial charge in [0.15, 0.2) is 0 Å². The van der Waals surface area contributed by atoms with Crippen LogP contribution in [0.4, 0.5) is 14.6 Å². The Morgan fingerprint density at radius 2 is 1.82 bits per heavy atom. The van der Waals surface area contributed by atoms with Crippen LogP contribution >= 0.6 is 15.9 Å². The number of fused-ring (bicyclic) bond motifs is 1. The summed E-state index contributed by atoms with van der Waals surface area (Å²) in [7, 11) is 0. The zero-order chi connectivity index (χ0) is 19.7. The Balaban J connectivity index is 1.71. The first-order chi connectivity index (χ1) is 13.5.